The van der Waals surface area contributed by atoms with E-state index in [1.807, 2.05) is 26.2 Å². The number of carboxylic acids is 1. The Hall–Kier alpha value is -2.18. The third-order valence-corrected chi connectivity index (χ3v) is 16.2. The Labute approximate surface area is 291 Å². The van der Waals surface area contributed by atoms with Gasteiger partial charge in [-0.05, 0) is 138 Å². The summed E-state index contributed by atoms with van der Waals surface area (Å²) in [7, 11) is 5.82. The summed E-state index contributed by atoms with van der Waals surface area (Å²) in [5, 5.41) is 12.9. The summed E-state index contributed by atoms with van der Waals surface area (Å²) in [6, 6.07) is 7.57. The molecule has 0 radical (unpaired) electrons. The van der Waals surface area contributed by atoms with E-state index in [4.69, 9.17) is 4.84 Å². The van der Waals surface area contributed by atoms with Crippen LogP contribution in [0, 0.1) is 62.6 Å². The van der Waals surface area contributed by atoms with Gasteiger partial charge < -0.3 is 10.4 Å². The number of carbonyl (C=O) groups excluding carboxylic acids is 1. The highest BCUT2D eigenvalue weighted by Gasteiger charge is 2.71. The average Bonchev–Trinajstić information content (AvgIpc) is 3.42. The van der Waals surface area contributed by atoms with Gasteiger partial charge in [-0.1, -0.05) is 66.7 Å². The highest BCUT2D eigenvalue weighted by molar-refractivity contribution is 5.88. The standard InChI is InChI=1S/C42H64N2O4/c1-27(2)30-17-22-42(37(47)43-25-26-44(8,9)48-10)24-23-40(6)32(35(30)42)15-16-34-39(5)20-18-31(28-11-13-29(14-12-28)36(45)46)38(3,4)33(39)19-21-41(34,40)7/h11-14,18,27,30,32-35H,15-17,19-26H2,1-10H3,(H-,43,45,46,47)/p+1. The molecule has 0 bridgehead atoms. The van der Waals surface area contributed by atoms with E-state index in [1.54, 1.807) is 19.2 Å². The third-order valence-electron chi connectivity index (χ3n) is 16.2. The van der Waals surface area contributed by atoms with Gasteiger partial charge in [0.25, 0.3) is 0 Å². The van der Waals surface area contributed by atoms with Crippen LogP contribution in [-0.2, 0) is 9.63 Å². The first-order valence-electron chi connectivity index (χ1n) is 19.1. The Morgan fingerprint density at radius 1 is 0.917 bits per heavy atom. The highest BCUT2D eigenvalue weighted by atomic mass is 16.7. The molecule has 1 amide bonds. The Kier molecular flexibility index (Phi) is 8.88. The van der Waals surface area contributed by atoms with Gasteiger partial charge >= 0.3 is 5.97 Å². The van der Waals surface area contributed by atoms with E-state index in [1.165, 1.54) is 43.2 Å². The molecule has 6 heteroatoms. The number of hydrogen-bond acceptors (Lipinski definition) is 3. The zero-order chi connectivity index (χ0) is 35.1. The van der Waals surface area contributed by atoms with Crippen molar-refractivity contribution >= 4 is 17.4 Å². The molecular formula is C42H65N2O4+. The summed E-state index contributed by atoms with van der Waals surface area (Å²) < 4.78 is 0.440. The highest BCUT2D eigenvalue weighted by Crippen LogP contribution is 2.77. The maximum atomic E-state index is 14.4. The quantitative estimate of drug-likeness (QED) is 0.216. The summed E-state index contributed by atoms with van der Waals surface area (Å²) in [6.07, 6.45) is 13.0. The van der Waals surface area contributed by atoms with Crippen LogP contribution in [0.3, 0.4) is 0 Å². The lowest BCUT2D eigenvalue weighted by molar-refractivity contribution is -1.07. The lowest BCUT2D eigenvalue weighted by atomic mass is 9.32. The van der Waals surface area contributed by atoms with E-state index in [9.17, 15) is 14.7 Å². The minimum atomic E-state index is -0.870. The largest absolute Gasteiger partial charge is 0.478 e. The number of likely N-dealkylation sites (N-methyl/N-ethyl adjacent to an activating group) is 1. The van der Waals surface area contributed by atoms with Crippen LogP contribution in [0.4, 0.5) is 0 Å². The Bertz CT molecular complexity index is 1450. The maximum absolute atomic E-state index is 14.4. The molecular weight excluding hydrogens is 596 g/mol. The molecule has 9 unspecified atom stereocenters. The minimum absolute atomic E-state index is 0.000910. The number of rotatable bonds is 8. The number of benzene rings is 1. The second-order valence-electron chi connectivity index (χ2n) is 19.0. The van der Waals surface area contributed by atoms with Gasteiger partial charge in [0.2, 0.25) is 5.91 Å². The molecule has 0 heterocycles. The molecule has 48 heavy (non-hydrogen) atoms. The predicted octanol–water partition coefficient (Wildman–Crippen LogP) is 8.87. The van der Waals surface area contributed by atoms with Crippen LogP contribution in [0.15, 0.2) is 30.3 Å². The number of amides is 1. The van der Waals surface area contributed by atoms with Crippen LogP contribution in [0.1, 0.15) is 122 Å². The number of nitrogens with zero attached hydrogens (tertiary/aromatic N) is 1. The SMILES string of the molecule is CO[N+](C)(C)CCNC(=O)C12CCC(C(C)C)C1C1CCC3C4(C)CC=C(c5ccc(C(=O)O)cc5)C(C)(C)C4CCC3(C)C1(C)CC2. The van der Waals surface area contributed by atoms with E-state index >= 15 is 0 Å². The number of nitrogens with one attached hydrogen (secondary N) is 1. The van der Waals surface area contributed by atoms with Crippen LogP contribution in [0.25, 0.3) is 5.57 Å². The summed E-state index contributed by atoms with van der Waals surface area (Å²) in [6.45, 7) is 19.1. The van der Waals surface area contributed by atoms with Gasteiger partial charge in [0.05, 0.1) is 38.7 Å². The molecule has 5 aliphatic rings. The van der Waals surface area contributed by atoms with E-state index in [2.05, 4.69) is 59.9 Å². The summed E-state index contributed by atoms with van der Waals surface area (Å²) in [4.78, 5) is 31.6. The molecule has 4 saturated carbocycles. The first-order chi connectivity index (χ1) is 22.4. The van der Waals surface area contributed by atoms with Crippen molar-refractivity contribution in [2.75, 3.05) is 34.3 Å². The minimum Gasteiger partial charge on any atom is -0.478 e. The average molecular weight is 662 g/mol. The summed E-state index contributed by atoms with van der Waals surface area (Å²) in [5.74, 6) is 2.88. The van der Waals surface area contributed by atoms with Crippen molar-refractivity contribution in [1.82, 2.24) is 5.32 Å². The first-order valence-corrected chi connectivity index (χ1v) is 19.1. The van der Waals surface area contributed by atoms with E-state index < -0.39 is 5.97 Å². The van der Waals surface area contributed by atoms with Gasteiger partial charge in [-0.2, -0.15) is 4.65 Å². The van der Waals surface area contributed by atoms with Gasteiger partial charge in [0.15, 0.2) is 0 Å². The van der Waals surface area contributed by atoms with Gasteiger partial charge in [0.1, 0.15) is 6.54 Å². The van der Waals surface area contributed by atoms with E-state index in [0.717, 1.165) is 32.2 Å². The van der Waals surface area contributed by atoms with Gasteiger partial charge in [-0.15, -0.1) is 0 Å². The fourth-order valence-electron chi connectivity index (χ4n) is 13.4. The molecule has 9 atom stereocenters. The number of fused-ring (bicyclic) bond motifs is 7. The van der Waals surface area contributed by atoms with Gasteiger partial charge in [-0.3, -0.25) is 4.79 Å². The number of hydrogen-bond donors (Lipinski definition) is 2. The van der Waals surface area contributed by atoms with Crippen molar-refractivity contribution in [2.24, 2.45) is 62.6 Å². The molecule has 0 aromatic heterocycles. The molecule has 1 aromatic carbocycles. The number of carbonyl (C=O) groups is 2. The Morgan fingerprint density at radius 2 is 1.60 bits per heavy atom. The van der Waals surface area contributed by atoms with Crippen LogP contribution in [-0.4, -0.2) is 55.9 Å². The smallest absolute Gasteiger partial charge is 0.335 e. The molecule has 2 N–H and O–H groups in total. The second-order valence-corrected chi connectivity index (χ2v) is 19.0. The lowest BCUT2D eigenvalue weighted by Gasteiger charge is -2.72. The lowest BCUT2D eigenvalue weighted by Crippen LogP contribution is -2.66. The van der Waals surface area contributed by atoms with Crippen molar-refractivity contribution in [3.8, 4) is 0 Å². The topological polar surface area (TPSA) is 75.6 Å². The Morgan fingerprint density at radius 3 is 2.23 bits per heavy atom. The van der Waals surface area contributed by atoms with Crippen molar-refractivity contribution in [2.45, 2.75) is 106 Å². The molecule has 4 fully saturated rings. The normalized spacial score (nSPS) is 40.2. The van der Waals surface area contributed by atoms with Crippen molar-refractivity contribution < 1.29 is 24.2 Å². The zero-order valence-electron chi connectivity index (χ0n) is 31.7. The van der Waals surface area contributed by atoms with Crippen LogP contribution in [0.2, 0.25) is 0 Å². The third kappa shape index (κ3) is 5.16. The van der Waals surface area contributed by atoms with Crippen LogP contribution < -0.4 is 5.32 Å². The van der Waals surface area contributed by atoms with Gasteiger partial charge in [0, 0.05) is 0 Å². The van der Waals surface area contributed by atoms with Crippen molar-refractivity contribution in [1.29, 1.82) is 0 Å². The maximum Gasteiger partial charge on any atom is 0.335 e. The zero-order valence-corrected chi connectivity index (χ0v) is 31.7. The fraction of sp³-hybridized carbons (Fsp3) is 0.762. The van der Waals surface area contributed by atoms with Crippen molar-refractivity contribution in [3.05, 3.63) is 41.5 Å². The van der Waals surface area contributed by atoms with Crippen LogP contribution >= 0.6 is 0 Å². The molecule has 1 aromatic rings. The molecule has 0 saturated heterocycles. The molecule has 6 nitrogen and oxygen atoms in total. The van der Waals surface area contributed by atoms with E-state index in [-0.39, 0.29) is 27.1 Å². The number of carboxylic acid groups (broad SMARTS) is 1. The molecule has 0 spiro atoms. The second kappa shape index (κ2) is 12.0. The number of quaternary nitrogens is 1. The van der Waals surface area contributed by atoms with E-state index in [0.29, 0.717) is 58.2 Å². The summed E-state index contributed by atoms with van der Waals surface area (Å²) >= 11 is 0. The Balaban J connectivity index is 1.31. The summed E-state index contributed by atoms with van der Waals surface area (Å²) in [5.41, 5.74) is 3.32. The monoisotopic (exact) mass is 661 g/mol. The first kappa shape index (κ1) is 35.6. The van der Waals surface area contributed by atoms with Crippen molar-refractivity contribution in [3.63, 3.8) is 0 Å². The predicted molar refractivity (Wildman–Crippen MR) is 193 cm³/mol. The number of hydroxylamine groups is 3. The molecule has 0 aliphatic heterocycles. The number of aromatic carboxylic acids is 1. The molecule has 5 aliphatic carbocycles. The fourth-order valence-corrected chi connectivity index (χ4v) is 13.4. The molecule has 6 rings (SSSR count). The van der Waals surface area contributed by atoms with Crippen LogP contribution in [0.5, 0.6) is 0 Å². The van der Waals surface area contributed by atoms with Gasteiger partial charge in [-0.25, -0.2) is 9.63 Å². The number of allylic oxidation sites excluding steroid dienone is 2. The molecule has 266 valence electrons.